The summed E-state index contributed by atoms with van der Waals surface area (Å²) in [7, 11) is 0. The number of fused-ring (bicyclic) bond motifs is 5. The monoisotopic (exact) mass is 654 g/mol. The SMILES string of the molecule is c1ccc(-c2ccc(N(c3ccccc3-c3cccc4ccccc34)c3c4oc(-c5ccccc5)nc4cc4oc5ccccc5c34)cc2)cc1. The number of anilines is 3. The first-order valence-corrected chi connectivity index (χ1v) is 17.1. The summed E-state index contributed by atoms with van der Waals surface area (Å²) in [5.74, 6) is 0.561. The van der Waals surface area contributed by atoms with Gasteiger partial charge < -0.3 is 13.7 Å². The molecule has 0 amide bonds. The molecule has 10 rings (SSSR count). The summed E-state index contributed by atoms with van der Waals surface area (Å²) in [5.41, 5.74) is 11.3. The molecule has 0 saturated carbocycles. The van der Waals surface area contributed by atoms with Gasteiger partial charge in [0, 0.05) is 28.3 Å². The Kier molecular flexibility index (Phi) is 6.78. The summed E-state index contributed by atoms with van der Waals surface area (Å²) in [6.07, 6.45) is 0. The van der Waals surface area contributed by atoms with Crippen molar-refractivity contribution in [3.8, 4) is 33.7 Å². The van der Waals surface area contributed by atoms with E-state index in [1.54, 1.807) is 0 Å². The number of aromatic nitrogens is 1. The van der Waals surface area contributed by atoms with Crippen molar-refractivity contribution in [1.82, 2.24) is 4.98 Å². The average Bonchev–Trinajstić information content (AvgIpc) is 3.80. The van der Waals surface area contributed by atoms with Crippen molar-refractivity contribution >= 4 is 60.9 Å². The Hall–Kier alpha value is -6.91. The first-order valence-electron chi connectivity index (χ1n) is 17.1. The molecule has 0 aliphatic rings. The van der Waals surface area contributed by atoms with Crippen LogP contribution in [0.2, 0.25) is 0 Å². The summed E-state index contributed by atoms with van der Waals surface area (Å²) in [4.78, 5) is 7.39. The summed E-state index contributed by atoms with van der Waals surface area (Å²) in [6, 6.07) is 63.3. The molecule has 4 nitrogen and oxygen atoms in total. The zero-order valence-corrected chi connectivity index (χ0v) is 27.5. The van der Waals surface area contributed by atoms with Gasteiger partial charge >= 0.3 is 0 Å². The second-order valence-corrected chi connectivity index (χ2v) is 12.7. The van der Waals surface area contributed by atoms with E-state index in [0.29, 0.717) is 11.5 Å². The fourth-order valence-corrected chi connectivity index (χ4v) is 7.34. The average molecular weight is 655 g/mol. The smallest absolute Gasteiger partial charge is 0.227 e. The number of hydrogen-bond acceptors (Lipinski definition) is 4. The lowest BCUT2D eigenvalue weighted by Gasteiger charge is -2.29. The molecule has 240 valence electrons. The maximum absolute atomic E-state index is 6.85. The second kappa shape index (κ2) is 11.9. The largest absolute Gasteiger partial charge is 0.456 e. The molecule has 2 heterocycles. The van der Waals surface area contributed by atoms with Gasteiger partial charge in [-0.25, -0.2) is 4.98 Å². The van der Waals surface area contributed by atoms with E-state index < -0.39 is 0 Å². The van der Waals surface area contributed by atoms with Gasteiger partial charge in [-0.15, -0.1) is 0 Å². The molecule has 8 aromatic carbocycles. The van der Waals surface area contributed by atoms with Crippen LogP contribution in [0.5, 0.6) is 0 Å². The van der Waals surface area contributed by atoms with Crippen LogP contribution in [0.25, 0.3) is 77.5 Å². The maximum Gasteiger partial charge on any atom is 0.227 e. The lowest BCUT2D eigenvalue weighted by atomic mass is 9.95. The lowest BCUT2D eigenvalue weighted by Crippen LogP contribution is -2.12. The number of para-hydroxylation sites is 2. The molecule has 2 aromatic heterocycles. The highest BCUT2D eigenvalue weighted by atomic mass is 16.4. The van der Waals surface area contributed by atoms with Gasteiger partial charge in [-0.2, -0.15) is 0 Å². The van der Waals surface area contributed by atoms with Crippen molar-refractivity contribution in [3.63, 3.8) is 0 Å². The molecule has 0 fully saturated rings. The Morgan fingerprint density at radius 1 is 0.451 bits per heavy atom. The zero-order chi connectivity index (χ0) is 33.7. The lowest BCUT2D eigenvalue weighted by molar-refractivity contribution is 0.620. The van der Waals surface area contributed by atoms with Crippen LogP contribution in [0.3, 0.4) is 0 Å². The molecular weight excluding hydrogens is 625 g/mol. The fraction of sp³-hybridized carbons (Fsp3) is 0. The molecular formula is C47H30N2O2. The molecule has 0 bridgehead atoms. The molecule has 51 heavy (non-hydrogen) atoms. The van der Waals surface area contributed by atoms with Gasteiger partial charge in [-0.05, 0) is 63.9 Å². The van der Waals surface area contributed by atoms with Crippen molar-refractivity contribution in [2.45, 2.75) is 0 Å². The van der Waals surface area contributed by atoms with Gasteiger partial charge in [0.25, 0.3) is 0 Å². The van der Waals surface area contributed by atoms with E-state index in [1.807, 2.05) is 54.6 Å². The minimum atomic E-state index is 0.561. The van der Waals surface area contributed by atoms with Gasteiger partial charge in [-0.3, -0.25) is 0 Å². The number of benzene rings is 8. The predicted molar refractivity (Wildman–Crippen MR) is 210 cm³/mol. The standard InChI is InChI=1S/C47H30N2O2/c1-3-14-31(15-4-1)32-26-28-35(29-27-32)49(41-24-11-9-21-38(41)37-23-13-19-33-16-7-8-20-36(33)37)45-44-39-22-10-12-25-42(39)50-43(44)30-40-46(45)51-47(48-40)34-17-5-2-6-18-34/h1-30H. The molecule has 0 spiro atoms. The topological polar surface area (TPSA) is 42.4 Å². The minimum Gasteiger partial charge on any atom is -0.456 e. The third kappa shape index (κ3) is 4.88. The number of nitrogens with zero attached hydrogens (tertiary/aromatic N) is 2. The number of oxazole rings is 1. The Bertz CT molecular complexity index is 2850. The third-order valence-electron chi connectivity index (χ3n) is 9.70. The fourth-order valence-electron chi connectivity index (χ4n) is 7.34. The molecule has 0 aliphatic carbocycles. The van der Waals surface area contributed by atoms with Crippen molar-refractivity contribution in [1.29, 1.82) is 0 Å². The van der Waals surface area contributed by atoms with Crippen LogP contribution in [-0.4, -0.2) is 4.98 Å². The quantitative estimate of drug-likeness (QED) is 0.179. The molecule has 0 unspecified atom stereocenters. The molecule has 0 aliphatic heterocycles. The summed E-state index contributed by atoms with van der Waals surface area (Å²) in [6.45, 7) is 0. The highest BCUT2D eigenvalue weighted by Gasteiger charge is 2.28. The molecule has 10 aromatic rings. The first kappa shape index (κ1) is 29.0. The van der Waals surface area contributed by atoms with E-state index in [-0.39, 0.29) is 0 Å². The normalized spacial score (nSPS) is 11.5. The summed E-state index contributed by atoms with van der Waals surface area (Å²) < 4.78 is 13.4. The number of rotatable bonds is 6. The van der Waals surface area contributed by atoms with Crippen LogP contribution in [0.4, 0.5) is 17.1 Å². The molecule has 0 N–H and O–H groups in total. The second-order valence-electron chi connectivity index (χ2n) is 12.7. The Morgan fingerprint density at radius 2 is 1.08 bits per heavy atom. The van der Waals surface area contributed by atoms with Crippen LogP contribution in [-0.2, 0) is 0 Å². The summed E-state index contributed by atoms with van der Waals surface area (Å²) in [5, 5.41) is 4.36. The highest BCUT2D eigenvalue weighted by Crippen LogP contribution is 2.50. The Labute approximate surface area is 294 Å². The van der Waals surface area contributed by atoms with E-state index in [2.05, 4.69) is 132 Å². The number of hydrogen-bond donors (Lipinski definition) is 0. The third-order valence-corrected chi connectivity index (χ3v) is 9.70. The zero-order valence-electron chi connectivity index (χ0n) is 27.5. The molecule has 0 atom stereocenters. The maximum atomic E-state index is 6.85. The highest BCUT2D eigenvalue weighted by molar-refractivity contribution is 6.21. The van der Waals surface area contributed by atoms with Crippen LogP contribution in [0, 0.1) is 0 Å². The van der Waals surface area contributed by atoms with Crippen LogP contribution >= 0.6 is 0 Å². The molecule has 0 radical (unpaired) electrons. The Balaban J connectivity index is 1.31. The molecule has 0 saturated heterocycles. The van der Waals surface area contributed by atoms with Gasteiger partial charge in [-0.1, -0.05) is 140 Å². The van der Waals surface area contributed by atoms with Crippen LogP contribution in [0.15, 0.2) is 191 Å². The van der Waals surface area contributed by atoms with E-state index in [4.69, 9.17) is 13.8 Å². The Morgan fingerprint density at radius 3 is 1.90 bits per heavy atom. The predicted octanol–water partition coefficient (Wildman–Crippen LogP) is 13.4. The van der Waals surface area contributed by atoms with Crippen LogP contribution in [0.1, 0.15) is 0 Å². The minimum absolute atomic E-state index is 0.561. The van der Waals surface area contributed by atoms with Gasteiger partial charge in [0.05, 0.1) is 11.1 Å². The number of furan rings is 1. The van der Waals surface area contributed by atoms with Crippen LogP contribution < -0.4 is 4.90 Å². The van der Waals surface area contributed by atoms with E-state index >= 15 is 0 Å². The van der Waals surface area contributed by atoms with E-state index in [0.717, 1.165) is 66.8 Å². The molecule has 4 heteroatoms. The van der Waals surface area contributed by atoms with Gasteiger partial charge in [0.15, 0.2) is 5.58 Å². The van der Waals surface area contributed by atoms with Crippen molar-refractivity contribution in [3.05, 3.63) is 182 Å². The summed E-state index contributed by atoms with van der Waals surface area (Å²) >= 11 is 0. The van der Waals surface area contributed by atoms with Gasteiger partial charge in [0.2, 0.25) is 5.89 Å². The van der Waals surface area contributed by atoms with Gasteiger partial charge in [0.1, 0.15) is 22.4 Å². The van der Waals surface area contributed by atoms with Crippen molar-refractivity contribution in [2.75, 3.05) is 4.90 Å². The van der Waals surface area contributed by atoms with Crippen molar-refractivity contribution in [2.24, 2.45) is 0 Å². The van der Waals surface area contributed by atoms with E-state index in [9.17, 15) is 0 Å². The van der Waals surface area contributed by atoms with E-state index in [1.165, 1.54) is 16.3 Å². The first-order chi connectivity index (χ1) is 25.3. The van der Waals surface area contributed by atoms with Crippen molar-refractivity contribution < 1.29 is 8.83 Å².